The summed E-state index contributed by atoms with van der Waals surface area (Å²) in [6.45, 7) is 0.222. The molecular formula is C13H13BrClNO3S2. The smallest absolute Gasteiger partial charge is 0.252 e. The van der Waals surface area contributed by atoms with Crippen LogP contribution in [-0.4, -0.2) is 26.9 Å². The van der Waals surface area contributed by atoms with E-state index in [9.17, 15) is 8.42 Å². The zero-order valence-corrected chi connectivity index (χ0v) is 15.3. The van der Waals surface area contributed by atoms with Gasteiger partial charge in [0.1, 0.15) is 9.96 Å². The van der Waals surface area contributed by atoms with Gasteiger partial charge in [-0.25, -0.2) is 8.42 Å². The number of thiophene rings is 1. The van der Waals surface area contributed by atoms with Crippen molar-refractivity contribution in [2.45, 2.75) is 10.8 Å². The molecule has 0 aliphatic heterocycles. The molecule has 0 N–H and O–H groups in total. The molecule has 1 aromatic heterocycles. The Labute approximate surface area is 141 Å². The van der Waals surface area contributed by atoms with Crippen molar-refractivity contribution in [1.29, 1.82) is 0 Å². The number of sulfonamides is 1. The third-order valence-electron chi connectivity index (χ3n) is 2.87. The summed E-state index contributed by atoms with van der Waals surface area (Å²) in [5.74, 6) is 0.657. The SMILES string of the molecule is COc1ccccc1CN(C)S(=O)(=O)c1cc(Cl)c(Br)s1. The zero-order valence-electron chi connectivity index (χ0n) is 11.3. The van der Waals surface area contributed by atoms with E-state index in [-0.39, 0.29) is 10.8 Å². The summed E-state index contributed by atoms with van der Waals surface area (Å²) in [4.78, 5) is 0. The Morgan fingerprint density at radius 2 is 2.05 bits per heavy atom. The number of nitrogens with zero attached hydrogens (tertiary/aromatic N) is 1. The Balaban J connectivity index is 2.28. The number of para-hydroxylation sites is 1. The van der Waals surface area contributed by atoms with Gasteiger partial charge in [0, 0.05) is 19.2 Å². The molecular weight excluding hydrogens is 398 g/mol. The molecule has 0 radical (unpaired) electrons. The molecule has 4 nitrogen and oxygen atoms in total. The van der Waals surface area contributed by atoms with Gasteiger partial charge in [0.05, 0.1) is 15.9 Å². The van der Waals surface area contributed by atoms with Gasteiger partial charge < -0.3 is 4.74 Å². The lowest BCUT2D eigenvalue weighted by molar-refractivity contribution is 0.398. The number of rotatable bonds is 5. The highest BCUT2D eigenvalue weighted by atomic mass is 79.9. The van der Waals surface area contributed by atoms with Gasteiger partial charge in [-0.05, 0) is 28.1 Å². The summed E-state index contributed by atoms with van der Waals surface area (Å²) >= 11 is 10.2. The lowest BCUT2D eigenvalue weighted by Crippen LogP contribution is -2.26. The van der Waals surface area contributed by atoms with Gasteiger partial charge in [-0.3, -0.25) is 0 Å². The van der Waals surface area contributed by atoms with Gasteiger partial charge in [-0.15, -0.1) is 11.3 Å². The third kappa shape index (κ3) is 3.60. The normalized spacial score (nSPS) is 11.9. The largest absolute Gasteiger partial charge is 0.496 e. The molecule has 2 aromatic rings. The fourth-order valence-corrected chi connectivity index (χ4v) is 5.53. The van der Waals surface area contributed by atoms with Gasteiger partial charge in [0.2, 0.25) is 0 Å². The van der Waals surface area contributed by atoms with E-state index in [1.165, 1.54) is 17.4 Å². The van der Waals surface area contributed by atoms with E-state index in [0.717, 1.165) is 16.9 Å². The van der Waals surface area contributed by atoms with E-state index in [1.54, 1.807) is 13.2 Å². The van der Waals surface area contributed by atoms with Crippen LogP contribution in [0.2, 0.25) is 5.02 Å². The maximum Gasteiger partial charge on any atom is 0.252 e. The monoisotopic (exact) mass is 409 g/mol. The Morgan fingerprint density at radius 3 is 2.62 bits per heavy atom. The Hall–Kier alpha value is -0.600. The fraction of sp³-hybridized carbons (Fsp3) is 0.231. The maximum absolute atomic E-state index is 12.5. The van der Waals surface area contributed by atoms with Crippen molar-refractivity contribution in [2.75, 3.05) is 14.2 Å². The second-order valence-electron chi connectivity index (χ2n) is 4.26. The van der Waals surface area contributed by atoms with Crippen LogP contribution in [0.3, 0.4) is 0 Å². The second-order valence-corrected chi connectivity index (χ2v) is 9.31. The van der Waals surface area contributed by atoms with Crippen molar-refractivity contribution in [3.05, 3.63) is 44.7 Å². The molecule has 0 atom stereocenters. The van der Waals surface area contributed by atoms with Crippen molar-refractivity contribution < 1.29 is 13.2 Å². The summed E-state index contributed by atoms with van der Waals surface area (Å²) in [5.41, 5.74) is 0.799. The molecule has 2 rings (SSSR count). The molecule has 0 spiro atoms. The minimum atomic E-state index is -3.58. The van der Waals surface area contributed by atoms with Crippen molar-refractivity contribution >= 4 is 48.9 Å². The Kier molecular flexibility index (Phi) is 5.32. The van der Waals surface area contributed by atoms with Gasteiger partial charge in [0.15, 0.2) is 0 Å². The summed E-state index contributed by atoms with van der Waals surface area (Å²) in [5, 5.41) is 0.393. The minimum absolute atomic E-state index is 0.205. The predicted octanol–water partition coefficient (Wildman–Crippen LogP) is 3.99. The highest BCUT2D eigenvalue weighted by Crippen LogP contribution is 2.36. The topological polar surface area (TPSA) is 46.6 Å². The number of methoxy groups -OCH3 is 1. The van der Waals surface area contributed by atoms with E-state index < -0.39 is 10.0 Å². The van der Waals surface area contributed by atoms with E-state index >= 15 is 0 Å². The maximum atomic E-state index is 12.5. The van der Waals surface area contributed by atoms with Crippen molar-refractivity contribution in [1.82, 2.24) is 4.31 Å². The van der Waals surface area contributed by atoms with E-state index in [1.807, 2.05) is 18.2 Å². The van der Waals surface area contributed by atoms with E-state index in [4.69, 9.17) is 16.3 Å². The van der Waals surface area contributed by atoms with Gasteiger partial charge >= 0.3 is 0 Å². The molecule has 21 heavy (non-hydrogen) atoms. The molecule has 1 heterocycles. The number of ether oxygens (including phenoxy) is 1. The minimum Gasteiger partial charge on any atom is -0.496 e. The molecule has 0 amide bonds. The van der Waals surface area contributed by atoms with Crippen LogP contribution in [0, 0.1) is 0 Å². The highest BCUT2D eigenvalue weighted by Gasteiger charge is 2.25. The van der Waals surface area contributed by atoms with E-state index in [2.05, 4.69) is 15.9 Å². The summed E-state index contributed by atoms with van der Waals surface area (Å²) in [7, 11) is -0.492. The summed E-state index contributed by atoms with van der Waals surface area (Å²) in [6, 6.07) is 8.77. The van der Waals surface area contributed by atoms with Crippen LogP contribution < -0.4 is 4.74 Å². The standard InChI is InChI=1S/C13H13BrClNO3S2/c1-16(8-9-5-3-4-6-11(9)19-2)21(17,18)12-7-10(15)13(14)20-12/h3-7H,8H2,1-2H3. The first-order valence-corrected chi connectivity index (χ1v) is 9.32. The highest BCUT2D eigenvalue weighted by molar-refractivity contribution is 9.11. The van der Waals surface area contributed by atoms with Crippen LogP contribution in [0.4, 0.5) is 0 Å². The van der Waals surface area contributed by atoms with Crippen molar-refractivity contribution in [2.24, 2.45) is 0 Å². The predicted molar refractivity (Wildman–Crippen MR) is 88.7 cm³/mol. The fourth-order valence-electron chi connectivity index (χ4n) is 1.77. The van der Waals surface area contributed by atoms with Crippen LogP contribution in [0.1, 0.15) is 5.56 Å². The lowest BCUT2D eigenvalue weighted by atomic mass is 10.2. The first-order chi connectivity index (χ1) is 9.86. The number of halogens is 2. The molecule has 1 aromatic carbocycles. The van der Waals surface area contributed by atoms with Gasteiger partial charge in [-0.1, -0.05) is 29.8 Å². The van der Waals surface area contributed by atoms with Gasteiger partial charge in [-0.2, -0.15) is 4.31 Å². The van der Waals surface area contributed by atoms with Crippen LogP contribution in [0.15, 0.2) is 38.3 Å². The van der Waals surface area contributed by atoms with Gasteiger partial charge in [0.25, 0.3) is 10.0 Å². The Morgan fingerprint density at radius 1 is 1.38 bits per heavy atom. The average Bonchev–Trinajstić information content (AvgIpc) is 2.80. The quantitative estimate of drug-likeness (QED) is 0.748. The number of benzene rings is 1. The summed E-state index contributed by atoms with van der Waals surface area (Å²) < 4.78 is 32.4. The van der Waals surface area contributed by atoms with Crippen molar-refractivity contribution in [3.8, 4) is 5.75 Å². The molecule has 0 aliphatic rings. The van der Waals surface area contributed by atoms with E-state index in [0.29, 0.717) is 14.6 Å². The second kappa shape index (κ2) is 6.66. The summed E-state index contributed by atoms with van der Waals surface area (Å²) in [6.07, 6.45) is 0. The number of hydrogen-bond acceptors (Lipinski definition) is 4. The first kappa shape index (κ1) is 16.8. The van der Waals surface area contributed by atoms with Crippen LogP contribution in [0.25, 0.3) is 0 Å². The molecule has 114 valence electrons. The Bertz CT molecular complexity index is 726. The first-order valence-electron chi connectivity index (χ1n) is 5.89. The van der Waals surface area contributed by atoms with Crippen molar-refractivity contribution in [3.63, 3.8) is 0 Å². The molecule has 0 bridgehead atoms. The molecule has 0 saturated carbocycles. The molecule has 0 saturated heterocycles. The molecule has 0 fully saturated rings. The van der Waals surface area contributed by atoms with Crippen LogP contribution in [0.5, 0.6) is 5.75 Å². The van der Waals surface area contributed by atoms with Crippen LogP contribution >= 0.6 is 38.9 Å². The zero-order chi connectivity index (χ0) is 15.6. The molecule has 0 unspecified atom stereocenters. The third-order valence-corrected chi connectivity index (χ3v) is 7.60. The molecule has 8 heteroatoms. The average molecular weight is 411 g/mol. The molecule has 0 aliphatic carbocycles. The lowest BCUT2D eigenvalue weighted by Gasteiger charge is -2.17. The number of hydrogen-bond donors (Lipinski definition) is 0. The van der Waals surface area contributed by atoms with Crippen LogP contribution in [-0.2, 0) is 16.6 Å².